The molecule has 1 aromatic carbocycles. The predicted molar refractivity (Wildman–Crippen MR) is 111 cm³/mol. The lowest BCUT2D eigenvalue weighted by atomic mass is 9.78. The Morgan fingerprint density at radius 1 is 1.11 bits per heavy atom. The van der Waals surface area contributed by atoms with Crippen LogP contribution in [0, 0.1) is 5.92 Å². The Morgan fingerprint density at radius 2 is 1.71 bits per heavy atom. The summed E-state index contributed by atoms with van der Waals surface area (Å²) in [6.07, 6.45) is 5.36. The van der Waals surface area contributed by atoms with Gasteiger partial charge in [-0.05, 0) is 57.7 Å². The summed E-state index contributed by atoms with van der Waals surface area (Å²) in [7, 11) is 1.63. The fourth-order valence-electron chi connectivity index (χ4n) is 3.96. The first kappa shape index (κ1) is 22.3. The molecule has 1 N–H and O–H groups in total. The first-order valence-corrected chi connectivity index (χ1v) is 10.4. The highest BCUT2D eigenvalue weighted by Crippen LogP contribution is 2.32. The van der Waals surface area contributed by atoms with Gasteiger partial charge in [-0.15, -0.1) is 0 Å². The van der Waals surface area contributed by atoms with Gasteiger partial charge < -0.3 is 14.8 Å². The van der Waals surface area contributed by atoms with Gasteiger partial charge in [0.2, 0.25) is 0 Å². The van der Waals surface area contributed by atoms with Crippen molar-refractivity contribution < 1.29 is 19.1 Å². The summed E-state index contributed by atoms with van der Waals surface area (Å²) in [6, 6.07) is 7.16. The van der Waals surface area contributed by atoms with Crippen molar-refractivity contribution in [3.63, 3.8) is 0 Å². The van der Waals surface area contributed by atoms with E-state index >= 15 is 0 Å². The van der Waals surface area contributed by atoms with E-state index in [0.29, 0.717) is 0 Å². The largest absolute Gasteiger partial charge is 0.497 e. The third-order valence-electron chi connectivity index (χ3n) is 5.37. The van der Waals surface area contributed by atoms with Crippen molar-refractivity contribution >= 4 is 11.9 Å². The van der Waals surface area contributed by atoms with Crippen LogP contribution in [0.25, 0.3) is 0 Å². The molecule has 28 heavy (non-hydrogen) atoms. The van der Waals surface area contributed by atoms with E-state index in [4.69, 9.17) is 9.47 Å². The van der Waals surface area contributed by atoms with Gasteiger partial charge in [-0.3, -0.25) is 4.79 Å². The molecule has 2 rings (SSSR count). The monoisotopic (exact) mass is 389 g/mol. The van der Waals surface area contributed by atoms with Crippen molar-refractivity contribution in [3.8, 4) is 5.75 Å². The molecule has 1 saturated carbocycles. The molecule has 1 aromatic rings. The van der Waals surface area contributed by atoms with E-state index in [2.05, 4.69) is 5.32 Å². The minimum Gasteiger partial charge on any atom is -0.497 e. The molecule has 2 unspecified atom stereocenters. The number of benzene rings is 1. The summed E-state index contributed by atoms with van der Waals surface area (Å²) in [5.74, 6) is 0.816. The van der Waals surface area contributed by atoms with Gasteiger partial charge in [-0.1, -0.05) is 38.3 Å². The summed E-state index contributed by atoms with van der Waals surface area (Å²) in [4.78, 5) is 25.9. The number of alkyl carbamates (subject to hydrolysis) is 1. The first-order chi connectivity index (χ1) is 13.2. The Kier molecular flexibility index (Phi) is 7.90. The normalized spacial score (nSPS) is 17.5. The second-order valence-corrected chi connectivity index (χ2v) is 8.65. The smallest absolute Gasteiger partial charge is 0.408 e. The number of ketones is 1. The number of amides is 1. The molecule has 0 aliphatic heterocycles. The van der Waals surface area contributed by atoms with Crippen molar-refractivity contribution in [1.82, 2.24) is 5.32 Å². The molecule has 0 bridgehead atoms. The highest BCUT2D eigenvalue weighted by Gasteiger charge is 2.35. The van der Waals surface area contributed by atoms with Crippen molar-refractivity contribution in [2.45, 2.75) is 83.8 Å². The van der Waals surface area contributed by atoms with Crippen LogP contribution in [0.15, 0.2) is 24.3 Å². The second-order valence-electron chi connectivity index (χ2n) is 8.65. The average Bonchev–Trinajstić information content (AvgIpc) is 2.67. The number of ether oxygens (including phenoxy) is 2. The Labute approximate surface area is 169 Å². The predicted octanol–water partition coefficient (Wildman–Crippen LogP) is 5.23. The molecule has 0 saturated heterocycles. The number of methoxy groups -OCH3 is 1. The van der Waals surface area contributed by atoms with Crippen molar-refractivity contribution in [1.29, 1.82) is 0 Å². The van der Waals surface area contributed by atoms with Gasteiger partial charge in [-0.2, -0.15) is 0 Å². The first-order valence-electron chi connectivity index (χ1n) is 10.4. The molecular weight excluding hydrogens is 354 g/mol. The number of carbonyl (C=O) groups is 2. The van der Waals surface area contributed by atoms with E-state index in [-0.39, 0.29) is 17.6 Å². The van der Waals surface area contributed by atoms with Gasteiger partial charge in [-0.25, -0.2) is 4.79 Å². The highest BCUT2D eigenvalue weighted by molar-refractivity contribution is 5.90. The number of hydrogen-bond donors (Lipinski definition) is 1. The third-order valence-corrected chi connectivity index (χ3v) is 5.37. The van der Waals surface area contributed by atoms with E-state index in [9.17, 15) is 9.59 Å². The number of hydrogen-bond acceptors (Lipinski definition) is 4. The van der Waals surface area contributed by atoms with Crippen LogP contribution in [-0.2, 0) is 9.53 Å². The third kappa shape index (κ3) is 6.25. The lowest BCUT2D eigenvalue weighted by Crippen LogP contribution is -2.49. The van der Waals surface area contributed by atoms with Crippen LogP contribution in [0.4, 0.5) is 4.79 Å². The second kappa shape index (κ2) is 9.94. The summed E-state index contributed by atoms with van der Waals surface area (Å²) < 4.78 is 10.7. The number of carbonyl (C=O) groups excluding carboxylic acids is 2. The minimum atomic E-state index is -0.607. The van der Waals surface area contributed by atoms with Crippen molar-refractivity contribution in [3.05, 3.63) is 29.8 Å². The highest BCUT2D eigenvalue weighted by atomic mass is 16.6. The van der Waals surface area contributed by atoms with E-state index in [0.717, 1.165) is 43.4 Å². The molecule has 0 spiro atoms. The molecule has 1 fully saturated rings. The Morgan fingerprint density at radius 3 is 2.21 bits per heavy atom. The van der Waals surface area contributed by atoms with Gasteiger partial charge in [0.1, 0.15) is 11.4 Å². The van der Waals surface area contributed by atoms with Gasteiger partial charge >= 0.3 is 6.09 Å². The molecule has 1 amide bonds. The molecule has 0 aromatic heterocycles. The van der Waals surface area contributed by atoms with Crippen LogP contribution in [0.2, 0.25) is 0 Å². The van der Waals surface area contributed by atoms with E-state index in [1.54, 1.807) is 7.11 Å². The molecule has 156 valence electrons. The van der Waals surface area contributed by atoms with Gasteiger partial charge in [0.05, 0.1) is 13.2 Å². The zero-order valence-electron chi connectivity index (χ0n) is 17.9. The maximum Gasteiger partial charge on any atom is 0.408 e. The Hall–Kier alpha value is -2.04. The maximum atomic E-state index is 13.4. The summed E-state index contributed by atoms with van der Waals surface area (Å²) in [5.41, 5.74) is 0.415. The molecule has 0 heterocycles. The van der Waals surface area contributed by atoms with Crippen LogP contribution in [0.1, 0.15) is 77.7 Å². The maximum absolute atomic E-state index is 13.4. The lowest BCUT2D eigenvalue weighted by Gasteiger charge is -2.32. The molecule has 1 aliphatic carbocycles. The standard InChI is InChI=1S/C23H35NO4/c1-6-19(16-12-14-18(27-5)15-13-16)20(24-22(26)28-23(2,3)4)21(25)17-10-8-7-9-11-17/h12-15,17,19-20H,6-11H2,1-5H3,(H,24,26). The summed E-state index contributed by atoms with van der Waals surface area (Å²) in [5, 5.41) is 2.91. The quantitative estimate of drug-likeness (QED) is 0.693. The van der Waals surface area contributed by atoms with Crippen molar-refractivity contribution in [2.24, 2.45) is 5.92 Å². The lowest BCUT2D eigenvalue weighted by molar-refractivity contribution is -0.126. The van der Waals surface area contributed by atoms with Crippen LogP contribution in [-0.4, -0.2) is 30.6 Å². The molecule has 5 heteroatoms. The van der Waals surface area contributed by atoms with Gasteiger partial charge in [0.25, 0.3) is 0 Å². The van der Waals surface area contributed by atoms with E-state index < -0.39 is 17.7 Å². The number of nitrogens with one attached hydrogen (secondary N) is 1. The molecular formula is C23H35NO4. The minimum absolute atomic E-state index is 0.0148. The molecule has 1 aliphatic rings. The fraction of sp³-hybridized carbons (Fsp3) is 0.652. The Balaban J connectivity index is 2.27. The van der Waals surface area contributed by atoms with Crippen LogP contribution in [0.5, 0.6) is 5.75 Å². The van der Waals surface area contributed by atoms with Crippen LogP contribution >= 0.6 is 0 Å². The fourth-order valence-corrected chi connectivity index (χ4v) is 3.96. The van der Waals surface area contributed by atoms with Crippen LogP contribution < -0.4 is 10.1 Å². The molecule has 2 atom stereocenters. The average molecular weight is 390 g/mol. The number of rotatable bonds is 7. The zero-order chi connectivity index (χ0) is 20.7. The topological polar surface area (TPSA) is 64.6 Å². The van der Waals surface area contributed by atoms with Gasteiger partial charge in [0.15, 0.2) is 5.78 Å². The van der Waals surface area contributed by atoms with E-state index in [1.165, 1.54) is 6.42 Å². The van der Waals surface area contributed by atoms with Crippen molar-refractivity contribution in [2.75, 3.05) is 7.11 Å². The molecule has 0 radical (unpaired) electrons. The zero-order valence-corrected chi connectivity index (χ0v) is 17.9. The summed E-state index contributed by atoms with van der Waals surface area (Å²) in [6.45, 7) is 7.52. The van der Waals surface area contributed by atoms with E-state index in [1.807, 2.05) is 52.0 Å². The number of Topliss-reactive ketones (excluding diaryl/α,β-unsaturated/α-hetero) is 1. The van der Waals surface area contributed by atoms with Gasteiger partial charge in [0, 0.05) is 11.8 Å². The molecule has 5 nitrogen and oxygen atoms in total. The van der Waals surface area contributed by atoms with Crippen LogP contribution in [0.3, 0.4) is 0 Å². The Bertz CT molecular complexity index is 642. The summed E-state index contributed by atoms with van der Waals surface area (Å²) >= 11 is 0. The SMILES string of the molecule is CCC(c1ccc(OC)cc1)C(NC(=O)OC(C)(C)C)C(=O)C1CCCCC1.